The zero-order chi connectivity index (χ0) is 26.0. The van der Waals surface area contributed by atoms with E-state index >= 15 is 0 Å². The van der Waals surface area contributed by atoms with Crippen LogP contribution in [0.3, 0.4) is 0 Å². The average Bonchev–Trinajstić information content (AvgIpc) is 3.41. The molecule has 2 amide bonds. The van der Waals surface area contributed by atoms with E-state index in [1.807, 2.05) is 54.6 Å². The molecule has 6 heteroatoms. The monoisotopic (exact) mass is 578 g/mol. The van der Waals surface area contributed by atoms with Crippen molar-refractivity contribution >= 4 is 39.5 Å². The highest BCUT2D eigenvalue weighted by molar-refractivity contribution is 9.10. The number of rotatable bonds is 11. The van der Waals surface area contributed by atoms with Crippen LogP contribution in [0.4, 0.5) is 0 Å². The summed E-state index contributed by atoms with van der Waals surface area (Å²) in [5.74, 6) is 0.617. The predicted octanol–water partition coefficient (Wildman–Crippen LogP) is 6.94. The summed E-state index contributed by atoms with van der Waals surface area (Å²) >= 11 is 5.23. The SMILES string of the molecule is Cc1ccc(SCCC(=O)N(Cc2cccc(Br)c2)[C@@H](Cc2ccccc2)C(=O)NC2CCCC2)cc1. The smallest absolute Gasteiger partial charge is 0.243 e. The van der Waals surface area contributed by atoms with Crippen LogP contribution in [0.25, 0.3) is 0 Å². The van der Waals surface area contributed by atoms with Gasteiger partial charge in [0.1, 0.15) is 6.04 Å². The molecular weight excluding hydrogens is 544 g/mol. The number of benzene rings is 3. The maximum atomic E-state index is 13.8. The molecule has 0 spiro atoms. The van der Waals surface area contributed by atoms with E-state index in [0.29, 0.717) is 25.1 Å². The molecule has 0 radical (unpaired) electrons. The van der Waals surface area contributed by atoms with Crippen molar-refractivity contribution in [1.29, 1.82) is 0 Å². The molecule has 3 aromatic carbocycles. The molecule has 4 rings (SSSR count). The van der Waals surface area contributed by atoms with Gasteiger partial charge in [-0.1, -0.05) is 88.9 Å². The molecule has 1 N–H and O–H groups in total. The normalized spacial score (nSPS) is 14.3. The van der Waals surface area contributed by atoms with Gasteiger partial charge in [0.15, 0.2) is 0 Å². The molecule has 0 aliphatic heterocycles. The average molecular weight is 580 g/mol. The number of nitrogens with one attached hydrogen (secondary N) is 1. The summed E-state index contributed by atoms with van der Waals surface area (Å²) in [4.78, 5) is 30.4. The van der Waals surface area contributed by atoms with Gasteiger partial charge in [-0.25, -0.2) is 0 Å². The number of thioether (sulfide) groups is 1. The first-order valence-electron chi connectivity index (χ1n) is 13.1. The molecule has 0 aromatic heterocycles. The minimum absolute atomic E-state index is 0.00194. The zero-order valence-electron chi connectivity index (χ0n) is 21.4. The molecule has 1 saturated carbocycles. The molecule has 3 aromatic rings. The van der Waals surface area contributed by atoms with Crippen molar-refractivity contribution in [2.75, 3.05) is 5.75 Å². The number of halogens is 1. The Morgan fingerprint density at radius 2 is 1.68 bits per heavy atom. The number of hydrogen-bond acceptors (Lipinski definition) is 3. The van der Waals surface area contributed by atoms with Crippen LogP contribution in [-0.4, -0.2) is 34.6 Å². The lowest BCUT2D eigenvalue weighted by atomic mass is 10.0. The second-order valence-corrected chi connectivity index (χ2v) is 11.8. The lowest BCUT2D eigenvalue weighted by Gasteiger charge is -2.32. The van der Waals surface area contributed by atoms with Crippen LogP contribution in [0, 0.1) is 6.92 Å². The van der Waals surface area contributed by atoms with Gasteiger partial charge in [-0.3, -0.25) is 9.59 Å². The van der Waals surface area contributed by atoms with Crippen LogP contribution in [0.1, 0.15) is 48.8 Å². The highest BCUT2D eigenvalue weighted by Gasteiger charge is 2.32. The molecule has 4 nitrogen and oxygen atoms in total. The Morgan fingerprint density at radius 1 is 0.973 bits per heavy atom. The maximum absolute atomic E-state index is 13.8. The van der Waals surface area contributed by atoms with Crippen molar-refractivity contribution in [2.45, 2.75) is 69.0 Å². The van der Waals surface area contributed by atoms with E-state index in [4.69, 9.17) is 0 Å². The van der Waals surface area contributed by atoms with Gasteiger partial charge in [-0.2, -0.15) is 0 Å². The van der Waals surface area contributed by atoms with Crippen LogP contribution in [0.2, 0.25) is 0 Å². The standard InChI is InChI=1S/C31H35BrN2O2S/c1-23-14-16-28(17-15-23)37-19-18-30(35)34(22-25-10-7-11-26(32)20-25)29(21-24-8-3-2-4-9-24)31(36)33-27-12-5-6-13-27/h2-4,7-11,14-17,20,27,29H,5-6,12-13,18-19,21-22H2,1H3,(H,33,36)/t29-/m0/s1. The van der Waals surface area contributed by atoms with E-state index in [2.05, 4.69) is 52.4 Å². The van der Waals surface area contributed by atoms with E-state index in [1.165, 1.54) is 5.56 Å². The van der Waals surface area contributed by atoms with Gasteiger partial charge in [0, 0.05) is 40.5 Å². The molecule has 194 valence electrons. The summed E-state index contributed by atoms with van der Waals surface area (Å²) < 4.78 is 0.961. The molecule has 37 heavy (non-hydrogen) atoms. The Kier molecular flexibility index (Phi) is 10.3. The largest absolute Gasteiger partial charge is 0.352 e. The van der Waals surface area contributed by atoms with Crippen LogP contribution < -0.4 is 5.32 Å². The van der Waals surface area contributed by atoms with Gasteiger partial charge >= 0.3 is 0 Å². The third kappa shape index (κ3) is 8.47. The molecule has 0 saturated heterocycles. The molecule has 0 unspecified atom stereocenters. The fourth-order valence-electron chi connectivity index (χ4n) is 4.79. The molecular formula is C31H35BrN2O2S. The second kappa shape index (κ2) is 13.8. The third-order valence-electron chi connectivity index (χ3n) is 6.82. The Balaban J connectivity index is 1.56. The fourth-order valence-corrected chi connectivity index (χ4v) is 6.08. The summed E-state index contributed by atoms with van der Waals surface area (Å²) in [6.07, 6.45) is 5.17. The number of hydrogen-bond donors (Lipinski definition) is 1. The van der Waals surface area contributed by atoms with Gasteiger partial charge in [-0.15, -0.1) is 11.8 Å². The molecule has 1 aliphatic rings. The van der Waals surface area contributed by atoms with Crippen molar-refractivity contribution in [3.63, 3.8) is 0 Å². The highest BCUT2D eigenvalue weighted by atomic mass is 79.9. The lowest BCUT2D eigenvalue weighted by molar-refractivity contribution is -0.141. The van der Waals surface area contributed by atoms with E-state index < -0.39 is 6.04 Å². The molecule has 0 heterocycles. The molecule has 1 fully saturated rings. The molecule has 0 bridgehead atoms. The Bertz CT molecular complexity index is 1160. The van der Waals surface area contributed by atoms with E-state index in [1.54, 1.807) is 16.7 Å². The third-order valence-corrected chi connectivity index (χ3v) is 8.33. The number of carbonyl (C=O) groups excluding carboxylic acids is 2. The first-order chi connectivity index (χ1) is 18.0. The Labute approximate surface area is 233 Å². The first kappa shape index (κ1) is 27.5. The van der Waals surface area contributed by atoms with E-state index in [0.717, 1.165) is 46.2 Å². The first-order valence-corrected chi connectivity index (χ1v) is 14.8. The van der Waals surface area contributed by atoms with Gasteiger partial charge < -0.3 is 10.2 Å². The van der Waals surface area contributed by atoms with Crippen LogP contribution in [-0.2, 0) is 22.6 Å². The number of amides is 2. The Hall–Kier alpha value is -2.57. The van der Waals surface area contributed by atoms with Crippen molar-refractivity contribution in [2.24, 2.45) is 0 Å². The number of nitrogens with zero attached hydrogens (tertiary/aromatic N) is 1. The highest BCUT2D eigenvalue weighted by Crippen LogP contribution is 2.23. The fraction of sp³-hybridized carbons (Fsp3) is 0.355. The molecule has 1 aliphatic carbocycles. The van der Waals surface area contributed by atoms with Gasteiger partial charge in [0.2, 0.25) is 11.8 Å². The summed E-state index contributed by atoms with van der Waals surface area (Å²) in [5.41, 5.74) is 3.27. The van der Waals surface area contributed by atoms with E-state index in [-0.39, 0.29) is 17.9 Å². The summed E-state index contributed by atoms with van der Waals surface area (Å²) in [6.45, 7) is 2.46. The van der Waals surface area contributed by atoms with Crippen LogP contribution >= 0.6 is 27.7 Å². The molecule has 1 atom stereocenters. The van der Waals surface area contributed by atoms with Crippen molar-refractivity contribution < 1.29 is 9.59 Å². The van der Waals surface area contributed by atoms with Gasteiger partial charge in [-0.05, 0) is 55.2 Å². The van der Waals surface area contributed by atoms with Gasteiger partial charge in [0.05, 0.1) is 0 Å². The number of carbonyl (C=O) groups is 2. The minimum Gasteiger partial charge on any atom is -0.352 e. The van der Waals surface area contributed by atoms with Crippen LogP contribution in [0.5, 0.6) is 0 Å². The Morgan fingerprint density at radius 3 is 2.38 bits per heavy atom. The van der Waals surface area contributed by atoms with Crippen molar-refractivity contribution in [3.8, 4) is 0 Å². The maximum Gasteiger partial charge on any atom is 0.243 e. The summed E-state index contributed by atoms with van der Waals surface area (Å²) in [5, 5.41) is 3.27. The van der Waals surface area contributed by atoms with E-state index in [9.17, 15) is 9.59 Å². The number of aryl methyl sites for hydroxylation is 1. The van der Waals surface area contributed by atoms with Crippen molar-refractivity contribution in [3.05, 3.63) is 100 Å². The van der Waals surface area contributed by atoms with Gasteiger partial charge in [0.25, 0.3) is 0 Å². The lowest BCUT2D eigenvalue weighted by Crippen LogP contribution is -2.52. The minimum atomic E-state index is -0.571. The summed E-state index contributed by atoms with van der Waals surface area (Å²) in [7, 11) is 0. The summed E-state index contributed by atoms with van der Waals surface area (Å²) in [6, 6.07) is 26.0. The zero-order valence-corrected chi connectivity index (χ0v) is 23.8. The quantitative estimate of drug-likeness (QED) is 0.251. The van der Waals surface area contributed by atoms with Crippen molar-refractivity contribution in [1.82, 2.24) is 10.2 Å². The predicted molar refractivity (Wildman–Crippen MR) is 156 cm³/mol. The second-order valence-electron chi connectivity index (χ2n) is 9.76. The topological polar surface area (TPSA) is 49.4 Å². The van der Waals surface area contributed by atoms with Crippen LogP contribution in [0.15, 0.2) is 88.2 Å².